The maximum Gasteiger partial charge on any atom is 0.272 e. The lowest BCUT2D eigenvalue weighted by Gasteiger charge is -2.31. The van der Waals surface area contributed by atoms with Gasteiger partial charge >= 0.3 is 0 Å². The smallest absolute Gasteiger partial charge is 0.272 e. The van der Waals surface area contributed by atoms with Crippen molar-refractivity contribution in [1.29, 1.82) is 0 Å². The number of piperidine rings is 1. The van der Waals surface area contributed by atoms with Crippen molar-refractivity contribution in [2.24, 2.45) is 5.73 Å². The highest BCUT2D eigenvalue weighted by atomic mass is 16.2. The Kier molecular flexibility index (Phi) is 4.90. The topological polar surface area (TPSA) is 93.3 Å². The molecule has 1 aliphatic heterocycles. The second-order valence-corrected chi connectivity index (χ2v) is 5.97. The Morgan fingerprint density at radius 1 is 1.17 bits per heavy atom. The number of nitrogens with one attached hydrogen (secondary N) is 1. The second-order valence-electron chi connectivity index (χ2n) is 5.97. The molecule has 2 amide bonds. The largest absolute Gasteiger partial charge is 0.369 e. The first-order chi connectivity index (χ1) is 11.6. The standard InChI is InChI=1S/C17H21N5O2/c18-16(23)12-21-9-6-13(7-10-21)19-17(24)15-8-11-22(20-15)14-4-2-1-3-5-14/h1-5,8,11,13H,6-7,9-10,12H2,(H2,18,23)(H,19,24). The summed E-state index contributed by atoms with van der Waals surface area (Å²) in [6.45, 7) is 1.79. The van der Waals surface area contributed by atoms with Crippen molar-refractivity contribution >= 4 is 11.8 Å². The van der Waals surface area contributed by atoms with E-state index in [9.17, 15) is 9.59 Å². The summed E-state index contributed by atoms with van der Waals surface area (Å²) >= 11 is 0. The van der Waals surface area contributed by atoms with Crippen LogP contribution in [0.2, 0.25) is 0 Å². The number of hydrogen-bond acceptors (Lipinski definition) is 4. The van der Waals surface area contributed by atoms with E-state index >= 15 is 0 Å². The first-order valence-electron chi connectivity index (χ1n) is 8.04. The average molecular weight is 327 g/mol. The Bertz CT molecular complexity index is 705. The van der Waals surface area contributed by atoms with Gasteiger partial charge in [0, 0.05) is 25.3 Å². The molecule has 1 aliphatic rings. The summed E-state index contributed by atoms with van der Waals surface area (Å²) in [7, 11) is 0. The molecule has 2 aromatic rings. The van der Waals surface area contributed by atoms with Crippen LogP contribution in [0.15, 0.2) is 42.6 Å². The van der Waals surface area contributed by atoms with E-state index in [0.29, 0.717) is 5.69 Å². The molecule has 0 radical (unpaired) electrons. The average Bonchev–Trinajstić information content (AvgIpc) is 3.07. The predicted molar refractivity (Wildman–Crippen MR) is 89.7 cm³/mol. The fraction of sp³-hybridized carbons (Fsp3) is 0.353. The Hall–Kier alpha value is -2.67. The van der Waals surface area contributed by atoms with Crippen molar-refractivity contribution < 1.29 is 9.59 Å². The zero-order valence-corrected chi connectivity index (χ0v) is 13.4. The molecule has 126 valence electrons. The fourth-order valence-corrected chi connectivity index (χ4v) is 2.88. The highest BCUT2D eigenvalue weighted by Gasteiger charge is 2.22. The monoisotopic (exact) mass is 327 g/mol. The normalized spacial score (nSPS) is 16.0. The summed E-state index contributed by atoms with van der Waals surface area (Å²) in [6, 6.07) is 11.5. The summed E-state index contributed by atoms with van der Waals surface area (Å²) in [6.07, 6.45) is 3.39. The minimum absolute atomic E-state index is 0.100. The van der Waals surface area contributed by atoms with Crippen molar-refractivity contribution in [3.05, 3.63) is 48.3 Å². The molecule has 7 heteroatoms. The molecule has 3 N–H and O–H groups in total. The number of para-hydroxylation sites is 1. The number of carbonyl (C=O) groups is 2. The molecule has 1 aromatic carbocycles. The number of likely N-dealkylation sites (tertiary alicyclic amines) is 1. The first-order valence-corrected chi connectivity index (χ1v) is 8.04. The van der Waals surface area contributed by atoms with Gasteiger partial charge in [-0.3, -0.25) is 14.5 Å². The van der Waals surface area contributed by atoms with Crippen molar-refractivity contribution in [3.8, 4) is 5.69 Å². The molecule has 24 heavy (non-hydrogen) atoms. The summed E-state index contributed by atoms with van der Waals surface area (Å²) in [4.78, 5) is 25.3. The predicted octanol–water partition coefficient (Wildman–Crippen LogP) is 0.552. The molecule has 0 unspecified atom stereocenters. The molecule has 0 bridgehead atoms. The minimum atomic E-state index is -0.316. The van der Waals surface area contributed by atoms with Crippen LogP contribution in [0.5, 0.6) is 0 Å². The van der Waals surface area contributed by atoms with Gasteiger partial charge in [-0.15, -0.1) is 0 Å². The highest BCUT2D eigenvalue weighted by Crippen LogP contribution is 2.11. The van der Waals surface area contributed by atoms with Crippen LogP contribution in [0.3, 0.4) is 0 Å². The third-order valence-electron chi connectivity index (χ3n) is 4.14. The number of benzene rings is 1. The van der Waals surface area contributed by atoms with Gasteiger partial charge in [0.15, 0.2) is 5.69 Å². The van der Waals surface area contributed by atoms with Crippen LogP contribution < -0.4 is 11.1 Å². The zero-order chi connectivity index (χ0) is 16.9. The van der Waals surface area contributed by atoms with E-state index in [-0.39, 0.29) is 24.4 Å². The van der Waals surface area contributed by atoms with Crippen molar-refractivity contribution in [2.75, 3.05) is 19.6 Å². The molecular formula is C17H21N5O2. The number of nitrogens with two attached hydrogens (primary N) is 1. The van der Waals surface area contributed by atoms with Gasteiger partial charge in [0.2, 0.25) is 5.91 Å². The number of carbonyl (C=O) groups excluding carboxylic acids is 2. The van der Waals surface area contributed by atoms with Crippen molar-refractivity contribution in [3.63, 3.8) is 0 Å². The third kappa shape index (κ3) is 3.99. The molecule has 0 aliphatic carbocycles. The minimum Gasteiger partial charge on any atom is -0.369 e. The fourth-order valence-electron chi connectivity index (χ4n) is 2.88. The van der Waals surface area contributed by atoms with E-state index in [1.54, 1.807) is 16.9 Å². The van der Waals surface area contributed by atoms with E-state index in [4.69, 9.17) is 5.73 Å². The highest BCUT2D eigenvalue weighted by molar-refractivity contribution is 5.92. The maximum absolute atomic E-state index is 12.3. The van der Waals surface area contributed by atoms with E-state index < -0.39 is 0 Å². The summed E-state index contributed by atoms with van der Waals surface area (Å²) in [5, 5.41) is 7.35. The third-order valence-corrected chi connectivity index (χ3v) is 4.14. The lowest BCUT2D eigenvalue weighted by Crippen LogP contribution is -2.46. The Labute approximate surface area is 140 Å². The summed E-state index contributed by atoms with van der Waals surface area (Å²) < 4.78 is 1.68. The van der Waals surface area contributed by atoms with Crippen LogP contribution in [0, 0.1) is 0 Å². The van der Waals surface area contributed by atoms with Crippen molar-refractivity contribution in [2.45, 2.75) is 18.9 Å². The van der Waals surface area contributed by atoms with Crippen LogP contribution >= 0.6 is 0 Å². The van der Waals surface area contributed by atoms with Gasteiger partial charge in [0.25, 0.3) is 5.91 Å². The first kappa shape index (κ1) is 16.2. The molecule has 1 aromatic heterocycles. The molecule has 3 rings (SSSR count). The van der Waals surface area contributed by atoms with Crippen LogP contribution in [0.1, 0.15) is 23.3 Å². The second kappa shape index (κ2) is 7.27. The lowest BCUT2D eigenvalue weighted by atomic mass is 10.0. The van der Waals surface area contributed by atoms with Crippen molar-refractivity contribution in [1.82, 2.24) is 20.0 Å². The number of rotatable bonds is 5. The number of hydrogen-bond donors (Lipinski definition) is 2. The van der Waals surface area contributed by atoms with E-state index in [1.807, 2.05) is 35.2 Å². The van der Waals surface area contributed by atoms with Crippen LogP contribution in [-0.4, -0.2) is 52.2 Å². The van der Waals surface area contributed by atoms with Gasteiger partial charge in [-0.25, -0.2) is 4.68 Å². The summed E-state index contributed by atoms with van der Waals surface area (Å²) in [5.74, 6) is -0.484. The maximum atomic E-state index is 12.3. The number of primary amides is 1. The van der Waals surface area contributed by atoms with Crippen LogP contribution in [0.4, 0.5) is 0 Å². The molecule has 1 saturated heterocycles. The number of nitrogens with zero attached hydrogens (tertiary/aromatic N) is 3. The molecule has 1 fully saturated rings. The molecule has 2 heterocycles. The van der Waals surface area contributed by atoms with Crippen LogP contribution in [0.25, 0.3) is 5.69 Å². The van der Waals surface area contributed by atoms with E-state index in [1.165, 1.54) is 0 Å². The Morgan fingerprint density at radius 2 is 1.88 bits per heavy atom. The van der Waals surface area contributed by atoms with E-state index in [0.717, 1.165) is 31.6 Å². The zero-order valence-electron chi connectivity index (χ0n) is 13.4. The van der Waals surface area contributed by atoms with Gasteiger partial charge in [-0.05, 0) is 31.0 Å². The summed E-state index contributed by atoms with van der Waals surface area (Å²) in [5.41, 5.74) is 6.52. The van der Waals surface area contributed by atoms with Gasteiger partial charge in [-0.2, -0.15) is 5.10 Å². The van der Waals surface area contributed by atoms with Gasteiger partial charge in [-0.1, -0.05) is 18.2 Å². The number of amides is 2. The van der Waals surface area contributed by atoms with Gasteiger partial charge in [0.1, 0.15) is 0 Å². The van der Waals surface area contributed by atoms with Crippen LogP contribution in [-0.2, 0) is 4.79 Å². The molecule has 0 saturated carbocycles. The molecule has 0 spiro atoms. The van der Waals surface area contributed by atoms with Gasteiger partial charge < -0.3 is 11.1 Å². The molecule has 0 atom stereocenters. The lowest BCUT2D eigenvalue weighted by molar-refractivity contribution is -0.119. The molecular weight excluding hydrogens is 306 g/mol. The molecule has 7 nitrogen and oxygen atoms in total. The Balaban J connectivity index is 1.55. The Morgan fingerprint density at radius 3 is 2.54 bits per heavy atom. The van der Waals surface area contributed by atoms with Gasteiger partial charge in [0.05, 0.1) is 12.2 Å². The SMILES string of the molecule is NC(=O)CN1CCC(NC(=O)c2ccn(-c3ccccc3)n2)CC1. The number of aromatic nitrogens is 2. The van der Waals surface area contributed by atoms with E-state index in [2.05, 4.69) is 10.4 Å². The quantitative estimate of drug-likeness (QED) is 0.839.